The van der Waals surface area contributed by atoms with Crippen molar-refractivity contribution in [1.29, 1.82) is 0 Å². The van der Waals surface area contributed by atoms with E-state index >= 15 is 0 Å². The average molecular weight is 298 g/mol. The summed E-state index contributed by atoms with van der Waals surface area (Å²) < 4.78 is 0. The predicted molar refractivity (Wildman–Crippen MR) is 80.7 cm³/mol. The van der Waals surface area contributed by atoms with Gasteiger partial charge in [-0.05, 0) is 47.7 Å². The van der Waals surface area contributed by atoms with E-state index in [2.05, 4.69) is 12.1 Å². The second-order valence-corrected chi connectivity index (χ2v) is 5.64. The molecule has 1 unspecified atom stereocenters. The zero-order valence-corrected chi connectivity index (χ0v) is 12.2. The first kappa shape index (κ1) is 13.8. The molecule has 0 spiro atoms. The summed E-state index contributed by atoms with van der Waals surface area (Å²) >= 11 is 13.8. The van der Waals surface area contributed by atoms with Crippen molar-refractivity contribution in [3.63, 3.8) is 0 Å². The Morgan fingerprint density at radius 1 is 1.06 bits per heavy atom. The highest BCUT2D eigenvalue weighted by Crippen LogP contribution is 2.29. The summed E-state index contributed by atoms with van der Waals surface area (Å²) in [5.74, 6) is 0. The monoisotopic (exact) mass is 297 g/mol. The lowest BCUT2D eigenvalue weighted by molar-refractivity contribution is 0.870. The fraction of sp³-hybridized carbons (Fsp3) is 0.143. The molecule has 0 fully saturated rings. The van der Waals surface area contributed by atoms with E-state index in [1.807, 2.05) is 24.5 Å². The number of benzene rings is 2. The number of thioether (sulfide) groups is 1. The highest BCUT2D eigenvalue weighted by atomic mass is 35.5. The minimum Gasteiger partial charge on any atom is -0.320 e. The maximum Gasteiger partial charge on any atom is 0.0566 e. The molecule has 0 aromatic heterocycles. The van der Waals surface area contributed by atoms with Crippen molar-refractivity contribution in [3.8, 4) is 0 Å². The topological polar surface area (TPSA) is 26.0 Å². The molecule has 4 heteroatoms. The van der Waals surface area contributed by atoms with Crippen molar-refractivity contribution < 1.29 is 0 Å². The van der Waals surface area contributed by atoms with Gasteiger partial charge in [0, 0.05) is 14.9 Å². The van der Waals surface area contributed by atoms with Crippen LogP contribution in [0.4, 0.5) is 0 Å². The summed E-state index contributed by atoms with van der Waals surface area (Å²) in [5, 5.41) is 1.28. The molecule has 1 nitrogen and oxygen atoms in total. The first-order valence-electron chi connectivity index (χ1n) is 5.46. The number of halogens is 2. The van der Waals surface area contributed by atoms with Crippen LogP contribution in [0, 0.1) is 0 Å². The Morgan fingerprint density at radius 3 is 2.33 bits per heavy atom. The second-order valence-electron chi connectivity index (χ2n) is 3.92. The molecular formula is C14H13Cl2NS. The smallest absolute Gasteiger partial charge is 0.0566 e. The molecular weight excluding hydrogens is 285 g/mol. The van der Waals surface area contributed by atoms with Crippen LogP contribution >= 0.6 is 35.0 Å². The maximum atomic E-state index is 6.23. The zero-order chi connectivity index (χ0) is 13.1. The quantitative estimate of drug-likeness (QED) is 0.826. The number of nitrogens with two attached hydrogens (primary N) is 1. The minimum absolute atomic E-state index is 0.257. The number of rotatable bonds is 3. The average Bonchev–Trinajstić information content (AvgIpc) is 2.41. The molecule has 2 aromatic carbocycles. The Hall–Kier alpha value is -0.670. The molecule has 0 heterocycles. The highest BCUT2D eigenvalue weighted by Gasteiger charge is 2.12. The Kier molecular flexibility index (Phi) is 4.57. The van der Waals surface area contributed by atoms with Gasteiger partial charge in [-0.15, -0.1) is 11.8 Å². The molecule has 0 aliphatic heterocycles. The first-order chi connectivity index (χ1) is 8.61. The van der Waals surface area contributed by atoms with Crippen LogP contribution in [-0.4, -0.2) is 6.26 Å². The van der Waals surface area contributed by atoms with E-state index in [4.69, 9.17) is 28.9 Å². The molecule has 0 amide bonds. The van der Waals surface area contributed by atoms with E-state index in [9.17, 15) is 0 Å². The molecule has 0 aliphatic rings. The van der Waals surface area contributed by atoms with Crippen LogP contribution in [0.25, 0.3) is 0 Å². The molecule has 18 heavy (non-hydrogen) atoms. The van der Waals surface area contributed by atoms with E-state index < -0.39 is 0 Å². The van der Waals surface area contributed by atoms with E-state index in [1.54, 1.807) is 23.9 Å². The standard InChI is InChI=1S/C14H13Cl2NS/c1-18-11-5-2-9(3-6-11)14(17)12-8-10(15)4-7-13(12)16/h2-8,14H,17H2,1H3. The third-order valence-corrected chi connectivity index (χ3v) is 4.09. The third-order valence-electron chi connectivity index (χ3n) is 2.77. The second kappa shape index (κ2) is 5.98. The molecule has 0 bridgehead atoms. The van der Waals surface area contributed by atoms with Crippen LogP contribution in [0.3, 0.4) is 0 Å². The number of hydrogen-bond acceptors (Lipinski definition) is 2. The predicted octanol–water partition coefficient (Wildman–Crippen LogP) is 4.76. The summed E-state index contributed by atoms with van der Waals surface area (Å²) in [7, 11) is 0. The SMILES string of the molecule is CSc1ccc(C(N)c2cc(Cl)ccc2Cl)cc1. The molecule has 2 rings (SSSR count). The van der Waals surface area contributed by atoms with E-state index in [0.29, 0.717) is 10.0 Å². The number of hydrogen-bond donors (Lipinski definition) is 1. The van der Waals surface area contributed by atoms with Crippen LogP contribution in [-0.2, 0) is 0 Å². The van der Waals surface area contributed by atoms with E-state index in [1.165, 1.54) is 4.90 Å². The van der Waals surface area contributed by atoms with Gasteiger partial charge in [-0.1, -0.05) is 35.3 Å². The zero-order valence-electron chi connectivity index (χ0n) is 9.86. The van der Waals surface area contributed by atoms with Gasteiger partial charge in [0.2, 0.25) is 0 Å². The normalized spacial score (nSPS) is 12.4. The molecule has 0 saturated heterocycles. The summed E-state index contributed by atoms with van der Waals surface area (Å²) in [4.78, 5) is 1.21. The van der Waals surface area contributed by atoms with Gasteiger partial charge >= 0.3 is 0 Å². The van der Waals surface area contributed by atoms with Crippen LogP contribution < -0.4 is 5.73 Å². The van der Waals surface area contributed by atoms with Crippen molar-refractivity contribution >= 4 is 35.0 Å². The maximum absolute atomic E-state index is 6.23. The van der Waals surface area contributed by atoms with Crippen molar-refractivity contribution in [2.24, 2.45) is 5.73 Å². The molecule has 0 aliphatic carbocycles. The van der Waals surface area contributed by atoms with Crippen LogP contribution in [0.15, 0.2) is 47.4 Å². The summed E-state index contributed by atoms with van der Waals surface area (Å²) in [6, 6.07) is 13.2. The lowest BCUT2D eigenvalue weighted by atomic mass is 10.00. The molecule has 0 saturated carbocycles. The van der Waals surface area contributed by atoms with E-state index in [0.717, 1.165) is 11.1 Å². The van der Waals surface area contributed by atoms with Crippen molar-refractivity contribution in [1.82, 2.24) is 0 Å². The largest absolute Gasteiger partial charge is 0.320 e. The summed E-state index contributed by atoms with van der Waals surface area (Å²) in [6.45, 7) is 0. The molecule has 1 atom stereocenters. The molecule has 2 aromatic rings. The third kappa shape index (κ3) is 3.01. The van der Waals surface area contributed by atoms with Crippen LogP contribution in [0.2, 0.25) is 10.0 Å². The minimum atomic E-state index is -0.257. The van der Waals surface area contributed by atoms with Gasteiger partial charge in [-0.3, -0.25) is 0 Å². The lowest BCUT2D eigenvalue weighted by Gasteiger charge is -2.15. The fourth-order valence-electron chi connectivity index (χ4n) is 1.74. The first-order valence-corrected chi connectivity index (χ1v) is 7.44. The van der Waals surface area contributed by atoms with Crippen LogP contribution in [0.1, 0.15) is 17.2 Å². The molecule has 2 N–H and O–H groups in total. The molecule has 0 radical (unpaired) electrons. The van der Waals surface area contributed by atoms with E-state index in [-0.39, 0.29) is 6.04 Å². The van der Waals surface area contributed by atoms with Crippen molar-refractivity contribution in [3.05, 3.63) is 63.6 Å². The summed E-state index contributed by atoms with van der Waals surface area (Å²) in [5.41, 5.74) is 8.10. The molecule has 94 valence electrons. The van der Waals surface area contributed by atoms with Crippen LogP contribution in [0.5, 0.6) is 0 Å². The van der Waals surface area contributed by atoms with Crippen molar-refractivity contribution in [2.45, 2.75) is 10.9 Å². The van der Waals surface area contributed by atoms with Gasteiger partial charge in [-0.2, -0.15) is 0 Å². The van der Waals surface area contributed by atoms with Gasteiger partial charge in [0.25, 0.3) is 0 Å². The van der Waals surface area contributed by atoms with Gasteiger partial charge < -0.3 is 5.73 Å². The Bertz CT molecular complexity index is 540. The van der Waals surface area contributed by atoms with Gasteiger partial charge in [0.1, 0.15) is 0 Å². The Labute approximate surface area is 121 Å². The Morgan fingerprint density at radius 2 is 1.72 bits per heavy atom. The summed E-state index contributed by atoms with van der Waals surface area (Å²) in [6.07, 6.45) is 2.04. The lowest BCUT2D eigenvalue weighted by Crippen LogP contribution is -2.12. The highest BCUT2D eigenvalue weighted by molar-refractivity contribution is 7.98. The van der Waals surface area contributed by atoms with Crippen molar-refractivity contribution in [2.75, 3.05) is 6.26 Å². The van der Waals surface area contributed by atoms with Gasteiger partial charge in [0.05, 0.1) is 6.04 Å². The van der Waals surface area contributed by atoms with Gasteiger partial charge in [-0.25, -0.2) is 0 Å². The fourth-order valence-corrected chi connectivity index (χ4v) is 2.57. The van der Waals surface area contributed by atoms with Gasteiger partial charge in [0.15, 0.2) is 0 Å². The Balaban J connectivity index is 2.34.